The molecular weight excluding hydrogens is 322 g/mol. The van der Waals surface area contributed by atoms with Crippen LogP contribution in [0.1, 0.15) is 12.8 Å². The van der Waals surface area contributed by atoms with Crippen LogP contribution in [0.15, 0.2) is 23.1 Å². The third-order valence-electron chi connectivity index (χ3n) is 3.50. The Morgan fingerprint density at radius 2 is 2.05 bits per heavy atom. The first-order valence-electron chi connectivity index (χ1n) is 6.55. The molecule has 1 unspecified atom stereocenters. The van der Waals surface area contributed by atoms with Crippen LogP contribution in [-0.4, -0.2) is 39.4 Å². The van der Waals surface area contributed by atoms with Crippen molar-refractivity contribution in [3.05, 3.63) is 29.8 Å². The molecule has 1 N–H and O–H groups in total. The van der Waals surface area contributed by atoms with Gasteiger partial charge in [0.25, 0.3) is 0 Å². The molecule has 1 heterocycles. The standard InChI is InChI=1S/C13H18F2N2O2S.ClH/c1-16-8-10-3-2-6-17(9-10)20(18,19)11-4-5-12(14)13(15)7-11;/h4-5,7,10,16H,2-3,6,8-9H2,1H3;1H. The van der Waals surface area contributed by atoms with Gasteiger partial charge in [-0.05, 0) is 50.6 Å². The third-order valence-corrected chi connectivity index (χ3v) is 5.36. The number of nitrogens with one attached hydrogen (secondary N) is 1. The lowest BCUT2D eigenvalue weighted by Gasteiger charge is -2.31. The molecule has 8 heteroatoms. The molecule has 1 saturated heterocycles. The Bertz CT molecular complexity index is 582. The molecule has 2 rings (SSSR count). The summed E-state index contributed by atoms with van der Waals surface area (Å²) in [5.74, 6) is -1.95. The molecule has 1 aromatic carbocycles. The number of sulfonamides is 1. The van der Waals surface area contributed by atoms with Crippen LogP contribution in [0, 0.1) is 17.6 Å². The van der Waals surface area contributed by atoms with Gasteiger partial charge in [0.15, 0.2) is 11.6 Å². The van der Waals surface area contributed by atoms with E-state index in [1.807, 2.05) is 7.05 Å². The predicted octanol–water partition coefficient (Wildman–Crippen LogP) is 2.01. The maximum atomic E-state index is 13.2. The van der Waals surface area contributed by atoms with Gasteiger partial charge in [0, 0.05) is 13.1 Å². The molecule has 120 valence electrons. The molecule has 1 fully saturated rings. The minimum Gasteiger partial charge on any atom is -0.319 e. The Hall–Kier alpha value is -0.760. The van der Waals surface area contributed by atoms with Crippen LogP contribution in [0.25, 0.3) is 0 Å². The summed E-state index contributed by atoms with van der Waals surface area (Å²) < 4.78 is 52.3. The molecule has 1 aliphatic rings. The van der Waals surface area contributed by atoms with Gasteiger partial charge in [-0.15, -0.1) is 12.4 Å². The van der Waals surface area contributed by atoms with Crippen molar-refractivity contribution >= 4 is 22.4 Å². The molecule has 0 saturated carbocycles. The Morgan fingerprint density at radius 1 is 1.33 bits per heavy atom. The van der Waals surface area contributed by atoms with Crippen molar-refractivity contribution in [2.24, 2.45) is 5.92 Å². The zero-order valence-electron chi connectivity index (χ0n) is 11.7. The summed E-state index contributed by atoms with van der Waals surface area (Å²) in [6.07, 6.45) is 1.74. The molecular formula is C13H19ClF2N2O2S. The van der Waals surface area contributed by atoms with E-state index in [4.69, 9.17) is 0 Å². The fraction of sp³-hybridized carbons (Fsp3) is 0.538. The molecule has 1 aromatic rings. The van der Waals surface area contributed by atoms with Crippen LogP contribution in [0.2, 0.25) is 0 Å². The molecule has 1 aliphatic heterocycles. The van der Waals surface area contributed by atoms with E-state index >= 15 is 0 Å². The lowest BCUT2D eigenvalue weighted by atomic mass is 10.00. The Kier molecular flexibility index (Phi) is 6.52. The highest BCUT2D eigenvalue weighted by Gasteiger charge is 2.30. The van der Waals surface area contributed by atoms with Crippen molar-refractivity contribution in [2.75, 3.05) is 26.7 Å². The molecule has 1 atom stereocenters. The number of rotatable bonds is 4. The van der Waals surface area contributed by atoms with Crippen LogP contribution < -0.4 is 5.32 Å². The average Bonchev–Trinajstić information content (AvgIpc) is 2.42. The summed E-state index contributed by atoms with van der Waals surface area (Å²) >= 11 is 0. The number of piperidine rings is 1. The van der Waals surface area contributed by atoms with E-state index in [1.165, 1.54) is 4.31 Å². The molecule has 0 bridgehead atoms. The van der Waals surface area contributed by atoms with Gasteiger partial charge < -0.3 is 5.32 Å². The topological polar surface area (TPSA) is 49.4 Å². The van der Waals surface area contributed by atoms with Gasteiger partial charge in [-0.2, -0.15) is 4.31 Å². The van der Waals surface area contributed by atoms with E-state index in [0.717, 1.165) is 37.6 Å². The van der Waals surface area contributed by atoms with E-state index in [9.17, 15) is 17.2 Å². The van der Waals surface area contributed by atoms with E-state index in [0.29, 0.717) is 13.1 Å². The lowest BCUT2D eigenvalue weighted by Crippen LogP contribution is -2.42. The summed E-state index contributed by atoms with van der Waals surface area (Å²) in [5, 5.41) is 3.03. The van der Waals surface area contributed by atoms with Crippen molar-refractivity contribution in [2.45, 2.75) is 17.7 Å². The van der Waals surface area contributed by atoms with E-state index in [2.05, 4.69) is 5.32 Å². The highest BCUT2D eigenvalue weighted by Crippen LogP contribution is 2.24. The molecule has 4 nitrogen and oxygen atoms in total. The van der Waals surface area contributed by atoms with Crippen LogP contribution in [-0.2, 0) is 10.0 Å². The largest absolute Gasteiger partial charge is 0.319 e. The molecule has 0 radical (unpaired) electrons. The fourth-order valence-electron chi connectivity index (χ4n) is 2.49. The van der Waals surface area contributed by atoms with E-state index in [1.54, 1.807) is 0 Å². The van der Waals surface area contributed by atoms with Crippen molar-refractivity contribution < 1.29 is 17.2 Å². The van der Waals surface area contributed by atoms with Crippen LogP contribution in [0.4, 0.5) is 8.78 Å². The monoisotopic (exact) mass is 340 g/mol. The van der Waals surface area contributed by atoms with Crippen LogP contribution in [0.5, 0.6) is 0 Å². The SMILES string of the molecule is CNCC1CCCN(S(=O)(=O)c2ccc(F)c(F)c2)C1.Cl. The maximum Gasteiger partial charge on any atom is 0.243 e. The van der Waals surface area contributed by atoms with Gasteiger partial charge in [0.2, 0.25) is 10.0 Å². The van der Waals surface area contributed by atoms with Crippen molar-refractivity contribution in [3.8, 4) is 0 Å². The minimum absolute atomic E-state index is 0. The summed E-state index contributed by atoms with van der Waals surface area (Å²) in [6, 6.07) is 2.69. The highest BCUT2D eigenvalue weighted by atomic mass is 35.5. The third kappa shape index (κ3) is 4.12. The second-order valence-corrected chi connectivity index (χ2v) is 6.94. The number of hydrogen-bond donors (Lipinski definition) is 1. The number of nitrogens with zero attached hydrogens (tertiary/aromatic N) is 1. The molecule has 21 heavy (non-hydrogen) atoms. The number of halogens is 3. The van der Waals surface area contributed by atoms with Gasteiger partial charge in [-0.1, -0.05) is 0 Å². The number of hydrogen-bond acceptors (Lipinski definition) is 3. The second kappa shape index (κ2) is 7.49. The fourth-order valence-corrected chi connectivity index (χ4v) is 4.05. The van der Waals surface area contributed by atoms with Crippen LogP contribution in [0.3, 0.4) is 0 Å². The minimum atomic E-state index is -3.75. The molecule has 0 spiro atoms. The molecule has 0 amide bonds. The highest BCUT2D eigenvalue weighted by molar-refractivity contribution is 7.89. The summed E-state index contributed by atoms with van der Waals surface area (Å²) in [4.78, 5) is -0.193. The normalized spacial score (nSPS) is 20.0. The molecule has 0 aliphatic carbocycles. The second-order valence-electron chi connectivity index (χ2n) is 5.00. The summed E-state index contributed by atoms with van der Waals surface area (Å²) in [6.45, 7) is 1.56. The number of benzene rings is 1. The first-order valence-corrected chi connectivity index (χ1v) is 7.99. The lowest BCUT2D eigenvalue weighted by molar-refractivity contribution is 0.263. The van der Waals surface area contributed by atoms with Gasteiger partial charge in [0.05, 0.1) is 4.90 Å². The van der Waals surface area contributed by atoms with E-state index in [-0.39, 0.29) is 23.2 Å². The summed E-state index contributed by atoms with van der Waals surface area (Å²) in [7, 11) is -1.93. The van der Waals surface area contributed by atoms with Crippen molar-refractivity contribution in [1.29, 1.82) is 0 Å². The molecule has 0 aromatic heterocycles. The Labute approximate surface area is 130 Å². The van der Waals surface area contributed by atoms with Gasteiger partial charge in [-0.3, -0.25) is 0 Å². The van der Waals surface area contributed by atoms with Crippen LogP contribution >= 0.6 is 12.4 Å². The zero-order chi connectivity index (χ0) is 14.8. The Balaban J connectivity index is 0.00000220. The van der Waals surface area contributed by atoms with Gasteiger partial charge >= 0.3 is 0 Å². The first-order chi connectivity index (χ1) is 9.45. The van der Waals surface area contributed by atoms with Crippen molar-refractivity contribution in [3.63, 3.8) is 0 Å². The quantitative estimate of drug-likeness (QED) is 0.912. The summed E-state index contributed by atoms with van der Waals surface area (Å²) in [5.41, 5.74) is 0. The first kappa shape index (κ1) is 18.3. The predicted molar refractivity (Wildman–Crippen MR) is 79.0 cm³/mol. The van der Waals surface area contributed by atoms with Crippen molar-refractivity contribution in [1.82, 2.24) is 9.62 Å². The van der Waals surface area contributed by atoms with E-state index < -0.39 is 21.7 Å². The smallest absolute Gasteiger partial charge is 0.243 e. The van der Waals surface area contributed by atoms with Gasteiger partial charge in [0.1, 0.15) is 0 Å². The Morgan fingerprint density at radius 3 is 2.67 bits per heavy atom. The van der Waals surface area contributed by atoms with Gasteiger partial charge in [-0.25, -0.2) is 17.2 Å². The maximum absolute atomic E-state index is 13.2. The zero-order valence-corrected chi connectivity index (χ0v) is 13.3. The average molecular weight is 341 g/mol.